The van der Waals surface area contributed by atoms with E-state index >= 15 is 0 Å². The zero-order valence-electron chi connectivity index (χ0n) is 12.0. The fraction of sp³-hybridized carbons (Fsp3) is 0.615. The van der Waals surface area contributed by atoms with Gasteiger partial charge in [0.25, 0.3) is 11.6 Å². The van der Waals surface area contributed by atoms with Crippen molar-refractivity contribution in [2.24, 2.45) is 5.92 Å². The smallest absolute Gasteiger partial charge is 0.353 e. The molecule has 0 bridgehead atoms. The van der Waals surface area contributed by atoms with E-state index in [9.17, 15) is 13.2 Å². The maximum Gasteiger partial charge on any atom is 0.453 e. The lowest BCUT2D eigenvalue weighted by Crippen LogP contribution is -2.31. The second-order valence-corrected chi connectivity index (χ2v) is 5.60. The number of halogens is 3. The van der Waals surface area contributed by atoms with Crippen LogP contribution in [0.5, 0.6) is 0 Å². The van der Waals surface area contributed by atoms with Crippen LogP contribution >= 0.6 is 0 Å². The summed E-state index contributed by atoms with van der Waals surface area (Å²) < 4.78 is 39.6. The summed E-state index contributed by atoms with van der Waals surface area (Å²) in [4.78, 5) is 9.63. The van der Waals surface area contributed by atoms with Crippen molar-refractivity contribution >= 4 is 11.6 Å². The van der Waals surface area contributed by atoms with Gasteiger partial charge in [-0.15, -0.1) is 5.10 Å². The van der Waals surface area contributed by atoms with Gasteiger partial charge >= 0.3 is 6.18 Å². The summed E-state index contributed by atoms with van der Waals surface area (Å²) >= 11 is 0. The Kier molecular flexibility index (Phi) is 3.07. The van der Waals surface area contributed by atoms with Gasteiger partial charge in [-0.05, 0) is 26.2 Å². The topological polar surface area (TPSA) is 46.3 Å². The monoisotopic (exact) mass is 299 g/mol. The summed E-state index contributed by atoms with van der Waals surface area (Å²) in [6, 6.07) is 2.00. The molecule has 0 aromatic carbocycles. The highest BCUT2D eigenvalue weighted by Crippen LogP contribution is 2.31. The molecule has 21 heavy (non-hydrogen) atoms. The maximum absolute atomic E-state index is 12.8. The minimum Gasteiger partial charge on any atom is -0.353 e. The van der Waals surface area contributed by atoms with Gasteiger partial charge in [-0.1, -0.05) is 6.92 Å². The van der Waals surface area contributed by atoms with E-state index in [2.05, 4.69) is 33.8 Å². The molecule has 2 atom stereocenters. The lowest BCUT2D eigenvalue weighted by Gasteiger charge is -2.25. The molecule has 1 saturated heterocycles. The molecule has 0 radical (unpaired) electrons. The second kappa shape index (κ2) is 4.57. The van der Waals surface area contributed by atoms with Gasteiger partial charge in [0.05, 0.1) is 0 Å². The zero-order chi connectivity index (χ0) is 15.4. The van der Waals surface area contributed by atoms with E-state index in [0.29, 0.717) is 17.4 Å². The van der Waals surface area contributed by atoms with Gasteiger partial charge in [-0.2, -0.15) is 22.7 Å². The van der Waals surface area contributed by atoms with Gasteiger partial charge in [-0.25, -0.2) is 4.98 Å². The molecule has 5 nitrogen and oxygen atoms in total. The number of aromatic nitrogens is 4. The molecular weight excluding hydrogens is 283 g/mol. The molecule has 1 fully saturated rings. The van der Waals surface area contributed by atoms with Crippen LogP contribution in [0.2, 0.25) is 0 Å². The largest absolute Gasteiger partial charge is 0.453 e. The first-order chi connectivity index (χ1) is 9.77. The molecule has 0 aliphatic carbocycles. The van der Waals surface area contributed by atoms with Crippen LogP contribution < -0.4 is 4.90 Å². The van der Waals surface area contributed by atoms with Crippen LogP contribution in [-0.2, 0) is 6.18 Å². The number of hydrogen-bond acceptors (Lipinski definition) is 4. The molecule has 0 N–H and O–H groups in total. The molecular formula is C13H16F3N5. The molecule has 3 heterocycles. The highest BCUT2D eigenvalue weighted by Gasteiger charge is 2.37. The van der Waals surface area contributed by atoms with Crippen molar-refractivity contribution in [2.75, 3.05) is 11.4 Å². The molecule has 3 rings (SSSR count). The maximum atomic E-state index is 12.8. The van der Waals surface area contributed by atoms with Crippen LogP contribution in [-0.4, -0.2) is 32.2 Å². The van der Waals surface area contributed by atoms with Crippen molar-refractivity contribution in [1.29, 1.82) is 0 Å². The molecule has 0 saturated carbocycles. The number of alkyl halides is 3. The van der Waals surface area contributed by atoms with E-state index in [1.165, 1.54) is 4.52 Å². The number of nitrogens with zero attached hydrogens (tertiary/aromatic N) is 5. The SMILES string of the molecule is Cc1cc(N2CCC(C)C2C)n2nc(C(F)(F)F)nc2n1. The van der Waals surface area contributed by atoms with Crippen molar-refractivity contribution in [3.05, 3.63) is 17.6 Å². The van der Waals surface area contributed by atoms with Gasteiger partial charge < -0.3 is 4.90 Å². The summed E-state index contributed by atoms with van der Waals surface area (Å²) in [6.45, 7) is 6.75. The fourth-order valence-electron chi connectivity index (χ4n) is 2.71. The number of rotatable bonds is 1. The second-order valence-electron chi connectivity index (χ2n) is 5.60. The molecule has 0 amide bonds. The Labute approximate surface area is 119 Å². The summed E-state index contributed by atoms with van der Waals surface area (Å²) in [6.07, 6.45) is -3.56. The highest BCUT2D eigenvalue weighted by atomic mass is 19.4. The van der Waals surface area contributed by atoms with Crippen LogP contribution in [0.25, 0.3) is 5.78 Å². The predicted molar refractivity (Wildman–Crippen MR) is 71.1 cm³/mol. The van der Waals surface area contributed by atoms with Crippen molar-refractivity contribution in [3.8, 4) is 0 Å². The summed E-state index contributed by atoms with van der Waals surface area (Å²) in [7, 11) is 0. The molecule has 2 aromatic heterocycles. The third-order valence-electron chi connectivity index (χ3n) is 4.11. The molecule has 8 heteroatoms. The van der Waals surface area contributed by atoms with E-state index < -0.39 is 12.0 Å². The van der Waals surface area contributed by atoms with Gasteiger partial charge in [0.1, 0.15) is 5.82 Å². The van der Waals surface area contributed by atoms with E-state index in [-0.39, 0.29) is 11.8 Å². The third kappa shape index (κ3) is 2.32. The molecule has 1 aliphatic heterocycles. The quantitative estimate of drug-likeness (QED) is 0.812. The fourth-order valence-corrected chi connectivity index (χ4v) is 2.71. The zero-order valence-corrected chi connectivity index (χ0v) is 12.0. The predicted octanol–water partition coefficient (Wildman–Crippen LogP) is 2.69. The minimum atomic E-state index is -4.57. The standard InChI is InChI=1S/C13H16F3N5/c1-7-4-5-20(9(7)3)10-6-8(2)17-12-18-11(13(14,15)16)19-21(10)12/h6-7,9H,4-5H2,1-3H3. The Morgan fingerprint density at radius 2 is 1.95 bits per heavy atom. The lowest BCUT2D eigenvalue weighted by atomic mass is 10.1. The van der Waals surface area contributed by atoms with Crippen molar-refractivity contribution in [2.45, 2.75) is 39.4 Å². The van der Waals surface area contributed by atoms with Gasteiger partial charge in [0.2, 0.25) is 0 Å². The Morgan fingerprint density at radius 3 is 2.52 bits per heavy atom. The molecule has 114 valence electrons. The molecule has 2 unspecified atom stereocenters. The molecule has 2 aromatic rings. The average Bonchev–Trinajstić information content (AvgIpc) is 2.93. The van der Waals surface area contributed by atoms with Crippen molar-refractivity contribution < 1.29 is 13.2 Å². The first-order valence-electron chi connectivity index (χ1n) is 6.85. The van der Waals surface area contributed by atoms with E-state index in [1.807, 2.05) is 0 Å². The first-order valence-corrected chi connectivity index (χ1v) is 6.85. The van der Waals surface area contributed by atoms with Gasteiger partial charge in [0.15, 0.2) is 0 Å². The van der Waals surface area contributed by atoms with Gasteiger partial charge in [0, 0.05) is 24.3 Å². The number of hydrogen-bond donors (Lipinski definition) is 0. The van der Waals surface area contributed by atoms with Crippen LogP contribution in [0.4, 0.5) is 19.0 Å². The minimum absolute atomic E-state index is 0.0101. The van der Waals surface area contributed by atoms with Crippen LogP contribution in [0.1, 0.15) is 31.8 Å². The van der Waals surface area contributed by atoms with Crippen molar-refractivity contribution in [1.82, 2.24) is 19.6 Å². The normalized spacial score (nSPS) is 23.2. The Morgan fingerprint density at radius 1 is 1.24 bits per heavy atom. The lowest BCUT2D eigenvalue weighted by molar-refractivity contribution is -0.144. The number of aryl methyl sites for hydroxylation is 1. The van der Waals surface area contributed by atoms with Crippen LogP contribution in [0.3, 0.4) is 0 Å². The first kappa shape index (κ1) is 14.1. The highest BCUT2D eigenvalue weighted by molar-refractivity contribution is 5.49. The Balaban J connectivity index is 2.16. The van der Waals surface area contributed by atoms with Crippen LogP contribution in [0.15, 0.2) is 6.07 Å². The van der Waals surface area contributed by atoms with Gasteiger partial charge in [-0.3, -0.25) is 0 Å². The summed E-state index contributed by atoms with van der Waals surface area (Å²) in [5.41, 5.74) is 0.630. The van der Waals surface area contributed by atoms with E-state index in [0.717, 1.165) is 13.0 Å². The molecule has 1 aliphatic rings. The number of fused-ring (bicyclic) bond motifs is 1. The summed E-state index contributed by atoms with van der Waals surface area (Å²) in [5, 5.41) is 3.61. The van der Waals surface area contributed by atoms with E-state index in [4.69, 9.17) is 0 Å². The number of anilines is 1. The summed E-state index contributed by atoms with van der Waals surface area (Å²) in [5.74, 6) is -0.0534. The van der Waals surface area contributed by atoms with E-state index in [1.54, 1.807) is 13.0 Å². The van der Waals surface area contributed by atoms with Crippen LogP contribution in [0, 0.1) is 12.8 Å². The van der Waals surface area contributed by atoms with Crippen molar-refractivity contribution in [3.63, 3.8) is 0 Å². The Bertz CT molecular complexity index is 678. The average molecular weight is 299 g/mol. The Hall–Kier alpha value is -1.86. The molecule has 0 spiro atoms. The third-order valence-corrected chi connectivity index (χ3v) is 4.11.